The van der Waals surface area contributed by atoms with E-state index in [0.717, 1.165) is 25.2 Å². The van der Waals surface area contributed by atoms with Crippen molar-refractivity contribution in [3.63, 3.8) is 0 Å². The first-order valence-corrected chi connectivity index (χ1v) is 8.13. The zero-order valence-corrected chi connectivity index (χ0v) is 14.0. The molecule has 0 aromatic carbocycles. The highest BCUT2D eigenvalue weighted by molar-refractivity contribution is 5.47. The zero-order valence-electron chi connectivity index (χ0n) is 14.0. The number of nitrogens with zero attached hydrogens (tertiary/aromatic N) is 3. The third kappa shape index (κ3) is 4.17. The monoisotopic (exact) mass is 290 g/mol. The second-order valence-corrected chi connectivity index (χ2v) is 6.51. The van der Waals surface area contributed by atoms with Gasteiger partial charge in [0.1, 0.15) is 5.82 Å². The Kier molecular flexibility index (Phi) is 5.59. The molecule has 4 heteroatoms. The van der Waals surface area contributed by atoms with Crippen LogP contribution >= 0.6 is 0 Å². The summed E-state index contributed by atoms with van der Waals surface area (Å²) in [5.74, 6) is 1.10. The van der Waals surface area contributed by atoms with Crippen LogP contribution < -0.4 is 10.6 Å². The summed E-state index contributed by atoms with van der Waals surface area (Å²) in [6, 6.07) is 3.14. The summed E-state index contributed by atoms with van der Waals surface area (Å²) in [5, 5.41) is 0. The van der Waals surface area contributed by atoms with E-state index in [2.05, 4.69) is 48.8 Å². The third-order valence-electron chi connectivity index (χ3n) is 4.65. The molecule has 2 rings (SSSR count). The number of anilines is 1. The summed E-state index contributed by atoms with van der Waals surface area (Å²) in [7, 11) is 4.37. The molecule has 21 heavy (non-hydrogen) atoms. The molecule has 1 aliphatic heterocycles. The summed E-state index contributed by atoms with van der Waals surface area (Å²) in [6.45, 7) is 6.56. The van der Waals surface area contributed by atoms with Crippen LogP contribution in [0.5, 0.6) is 0 Å². The number of nitrogens with two attached hydrogens (primary N) is 1. The third-order valence-corrected chi connectivity index (χ3v) is 4.65. The van der Waals surface area contributed by atoms with Crippen LogP contribution in [-0.4, -0.2) is 49.2 Å². The topological polar surface area (TPSA) is 45.4 Å². The van der Waals surface area contributed by atoms with Gasteiger partial charge in [0.15, 0.2) is 0 Å². The summed E-state index contributed by atoms with van der Waals surface area (Å²) < 4.78 is 0. The van der Waals surface area contributed by atoms with E-state index in [1.807, 2.05) is 6.20 Å². The molecule has 2 atom stereocenters. The van der Waals surface area contributed by atoms with Crippen LogP contribution in [0.3, 0.4) is 0 Å². The van der Waals surface area contributed by atoms with E-state index in [9.17, 15) is 0 Å². The molecule has 2 heterocycles. The van der Waals surface area contributed by atoms with Gasteiger partial charge >= 0.3 is 0 Å². The van der Waals surface area contributed by atoms with E-state index in [-0.39, 0.29) is 6.04 Å². The Morgan fingerprint density at radius 3 is 2.86 bits per heavy atom. The standard InChI is InChI=1S/C17H30N4/c1-5-15(18)10-14-9-13(2)17(19-11-14)21(4)12-16-7-6-8-20(16)3/h9,11,15-16H,5-8,10,12,18H2,1-4H3. The van der Waals surface area contributed by atoms with Crippen LogP contribution in [0.2, 0.25) is 0 Å². The van der Waals surface area contributed by atoms with Crippen LogP contribution in [0.25, 0.3) is 0 Å². The summed E-state index contributed by atoms with van der Waals surface area (Å²) in [6.07, 6.45) is 6.53. The highest BCUT2D eigenvalue weighted by Gasteiger charge is 2.23. The van der Waals surface area contributed by atoms with E-state index >= 15 is 0 Å². The fourth-order valence-corrected chi connectivity index (χ4v) is 3.20. The first-order chi connectivity index (χ1) is 10.0. The zero-order chi connectivity index (χ0) is 15.4. The van der Waals surface area contributed by atoms with Crippen molar-refractivity contribution in [2.24, 2.45) is 5.73 Å². The van der Waals surface area contributed by atoms with Gasteiger partial charge in [0, 0.05) is 31.9 Å². The number of pyridine rings is 1. The smallest absolute Gasteiger partial charge is 0.131 e. The molecule has 0 radical (unpaired) electrons. The second kappa shape index (κ2) is 7.23. The largest absolute Gasteiger partial charge is 0.358 e. The minimum atomic E-state index is 0.238. The maximum atomic E-state index is 6.03. The molecule has 4 nitrogen and oxygen atoms in total. The Hall–Kier alpha value is -1.13. The molecule has 0 bridgehead atoms. The van der Waals surface area contributed by atoms with Gasteiger partial charge in [-0.3, -0.25) is 0 Å². The maximum absolute atomic E-state index is 6.03. The molecule has 1 fully saturated rings. The first kappa shape index (κ1) is 16.2. The Morgan fingerprint density at radius 1 is 1.52 bits per heavy atom. The summed E-state index contributed by atoms with van der Waals surface area (Å²) in [5.41, 5.74) is 8.53. The van der Waals surface area contributed by atoms with Crippen LogP contribution in [0.15, 0.2) is 12.3 Å². The predicted molar refractivity (Wildman–Crippen MR) is 89.9 cm³/mol. The molecule has 2 N–H and O–H groups in total. The lowest BCUT2D eigenvalue weighted by Crippen LogP contribution is -2.37. The average molecular weight is 290 g/mol. The summed E-state index contributed by atoms with van der Waals surface area (Å²) >= 11 is 0. The van der Waals surface area contributed by atoms with Crippen molar-refractivity contribution in [1.29, 1.82) is 0 Å². The van der Waals surface area contributed by atoms with Gasteiger partial charge < -0.3 is 15.5 Å². The van der Waals surface area contributed by atoms with E-state index in [0.29, 0.717) is 6.04 Å². The fourth-order valence-electron chi connectivity index (χ4n) is 3.20. The van der Waals surface area contributed by atoms with Gasteiger partial charge in [-0.05, 0) is 57.3 Å². The Balaban J connectivity index is 2.02. The van der Waals surface area contributed by atoms with Crippen molar-refractivity contribution in [3.8, 4) is 0 Å². The predicted octanol–water partition coefficient (Wildman–Crippen LogP) is 2.20. The van der Waals surface area contributed by atoms with Crippen molar-refractivity contribution in [2.75, 3.05) is 32.1 Å². The van der Waals surface area contributed by atoms with Crippen molar-refractivity contribution in [2.45, 2.75) is 51.6 Å². The van der Waals surface area contributed by atoms with E-state index in [4.69, 9.17) is 5.73 Å². The highest BCUT2D eigenvalue weighted by atomic mass is 15.2. The van der Waals surface area contributed by atoms with Gasteiger partial charge in [0.25, 0.3) is 0 Å². The lowest BCUT2D eigenvalue weighted by atomic mass is 10.0. The van der Waals surface area contributed by atoms with Crippen molar-refractivity contribution >= 4 is 5.82 Å². The van der Waals surface area contributed by atoms with Gasteiger partial charge in [-0.25, -0.2) is 4.98 Å². The molecule has 1 aromatic heterocycles. The van der Waals surface area contributed by atoms with Gasteiger partial charge in [0.2, 0.25) is 0 Å². The lowest BCUT2D eigenvalue weighted by Gasteiger charge is -2.27. The number of likely N-dealkylation sites (N-methyl/N-ethyl adjacent to an activating group) is 2. The lowest BCUT2D eigenvalue weighted by molar-refractivity contribution is 0.314. The minimum absolute atomic E-state index is 0.238. The van der Waals surface area contributed by atoms with Crippen molar-refractivity contribution in [3.05, 3.63) is 23.4 Å². The fraction of sp³-hybridized carbons (Fsp3) is 0.706. The number of hydrogen-bond donors (Lipinski definition) is 1. The summed E-state index contributed by atoms with van der Waals surface area (Å²) in [4.78, 5) is 9.44. The Labute approximate surface area is 129 Å². The molecule has 1 aliphatic rings. The normalized spacial score (nSPS) is 20.7. The van der Waals surface area contributed by atoms with Gasteiger partial charge in [0.05, 0.1) is 0 Å². The number of aromatic nitrogens is 1. The first-order valence-electron chi connectivity index (χ1n) is 8.13. The quantitative estimate of drug-likeness (QED) is 0.872. The van der Waals surface area contributed by atoms with Gasteiger partial charge in [-0.2, -0.15) is 0 Å². The van der Waals surface area contributed by atoms with Crippen LogP contribution in [0, 0.1) is 6.92 Å². The molecular formula is C17H30N4. The second-order valence-electron chi connectivity index (χ2n) is 6.51. The molecule has 0 saturated carbocycles. The molecular weight excluding hydrogens is 260 g/mol. The van der Waals surface area contributed by atoms with Crippen LogP contribution in [0.4, 0.5) is 5.82 Å². The Morgan fingerprint density at radius 2 is 2.29 bits per heavy atom. The number of likely N-dealkylation sites (tertiary alicyclic amines) is 1. The van der Waals surface area contributed by atoms with E-state index in [1.54, 1.807) is 0 Å². The molecule has 1 saturated heterocycles. The van der Waals surface area contributed by atoms with Gasteiger partial charge in [-0.1, -0.05) is 13.0 Å². The molecule has 0 amide bonds. The average Bonchev–Trinajstić information content (AvgIpc) is 2.84. The van der Waals surface area contributed by atoms with Crippen LogP contribution in [-0.2, 0) is 6.42 Å². The van der Waals surface area contributed by atoms with Crippen molar-refractivity contribution in [1.82, 2.24) is 9.88 Å². The van der Waals surface area contributed by atoms with Gasteiger partial charge in [-0.15, -0.1) is 0 Å². The van der Waals surface area contributed by atoms with E-state index < -0.39 is 0 Å². The molecule has 0 spiro atoms. The highest BCUT2D eigenvalue weighted by Crippen LogP contribution is 2.21. The van der Waals surface area contributed by atoms with E-state index in [1.165, 1.54) is 30.5 Å². The molecule has 118 valence electrons. The molecule has 0 aliphatic carbocycles. The minimum Gasteiger partial charge on any atom is -0.358 e. The number of hydrogen-bond acceptors (Lipinski definition) is 4. The molecule has 2 unspecified atom stereocenters. The molecule has 1 aromatic rings. The Bertz CT molecular complexity index is 460. The number of rotatable bonds is 6. The maximum Gasteiger partial charge on any atom is 0.131 e. The van der Waals surface area contributed by atoms with Crippen molar-refractivity contribution < 1.29 is 0 Å². The SMILES string of the molecule is CCC(N)Cc1cnc(N(C)CC2CCCN2C)c(C)c1. The van der Waals surface area contributed by atoms with Crippen LogP contribution in [0.1, 0.15) is 37.3 Å². The number of aryl methyl sites for hydroxylation is 1.